The summed E-state index contributed by atoms with van der Waals surface area (Å²) in [5, 5.41) is 9.51. The molecule has 0 saturated carbocycles. The second-order valence-electron chi connectivity index (χ2n) is 6.42. The molecule has 3 rings (SSSR count). The Morgan fingerprint density at radius 1 is 1.31 bits per heavy atom. The molecule has 8 heteroatoms. The van der Waals surface area contributed by atoms with E-state index in [2.05, 4.69) is 63.3 Å². The number of aryl methyl sites for hydroxylation is 1. The average molecular weight is 491 g/mol. The highest BCUT2D eigenvalue weighted by Crippen LogP contribution is 2.27. The van der Waals surface area contributed by atoms with Crippen molar-refractivity contribution in [3.05, 3.63) is 63.3 Å². The summed E-state index contributed by atoms with van der Waals surface area (Å²) in [6.45, 7) is 9.76. The van der Waals surface area contributed by atoms with Crippen LogP contribution in [0.4, 0.5) is 0 Å². The Hall–Kier alpha value is -1.90. The van der Waals surface area contributed by atoms with Crippen molar-refractivity contribution in [1.29, 1.82) is 0 Å². The fourth-order valence-electron chi connectivity index (χ4n) is 2.96. The summed E-state index contributed by atoms with van der Waals surface area (Å²) in [4.78, 5) is 15.8. The zero-order chi connectivity index (χ0) is 20.8. The monoisotopic (exact) mass is 490 g/mol. The molecule has 0 saturated heterocycles. The van der Waals surface area contributed by atoms with Crippen LogP contribution in [0.2, 0.25) is 0 Å². The van der Waals surface area contributed by atoms with Crippen LogP contribution in [0.15, 0.2) is 58.0 Å². The number of halogens is 1. The zero-order valence-corrected chi connectivity index (χ0v) is 19.7. The largest absolute Gasteiger partial charge is 0.333 e. The van der Waals surface area contributed by atoms with Crippen LogP contribution in [-0.2, 0) is 17.9 Å². The molecule has 0 unspecified atom stereocenters. The molecule has 0 aliphatic rings. The minimum absolute atomic E-state index is 0.0579. The maximum atomic E-state index is 12.8. The second-order valence-corrected chi connectivity index (χ2v) is 9.91. The highest BCUT2D eigenvalue weighted by molar-refractivity contribution is 9.11. The first-order chi connectivity index (χ1) is 14.0. The lowest BCUT2D eigenvalue weighted by Gasteiger charge is -2.20. The highest BCUT2D eigenvalue weighted by Gasteiger charge is 2.18. The second kappa shape index (κ2) is 10.2. The standard InChI is InChI=1S/C21H23BrN4OS2/c1-4-12-25(13-16-10-11-18(22)29-16)19(27)14-28-21-24-23-20(26(21)5-2)17-9-7-6-8-15(17)3/h4,6-11H,1,5,12-14H2,2-3H3. The first-order valence-corrected chi connectivity index (χ1v) is 11.9. The van der Waals surface area contributed by atoms with E-state index in [0.717, 1.165) is 37.3 Å². The lowest BCUT2D eigenvalue weighted by atomic mass is 10.1. The first-order valence-electron chi connectivity index (χ1n) is 9.28. The first kappa shape index (κ1) is 21.8. The third kappa shape index (κ3) is 5.38. The van der Waals surface area contributed by atoms with Gasteiger partial charge in [0, 0.05) is 23.5 Å². The van der Waals surface area contributed by atoms with E-state index in [1.807, 2.05) is 29.2 Å². The van der Waals surface area contributed by atoms with Gasteiger partial charge in [-0.1, -0.05) is 42.1 Å². The van der Waals surface area contributed by atoms with E-state index in [0.29, 0.717) is 18.8 Å². The minimum atomic E-state index is 0.0579. The lowest BCUT2D eigenvalue weighted by molar-refractivity contribution is -0.128. The fraction of sp³-hybridized carbons (Fsp3) is 0.286. The van der Waals surface area contributed by atoms with Gasteiger partial charge in [-0.2, -0.15) is 0 Å². The average Bonchev–Trinajstić information content (AvgIpc) is 3.31. The normalized spacial score (nSPS) is 10.9. The molecule has 5 nitrogen and oxygen atoms in total. The molecule has 1 amide bonds. The number of nitrogens with zero attached hydrogens (tertiary/aromatic N) is 4. The molecule has 3 aromatic rings. The molecule has 0 fully saturated rings. The van der Waals surface area contributed by atoms with Gasteiger partial charge in [-0.25, -0.2) is 0 Å². The summed E-state index contributed by atoms with van der Waals surface area (Å²) in [6, 6.07) is 12.2. The quantitative estimate of drug-likeness (QED) is 0.297. The van der Waals surface area contributed by atoms with E-state index in [1.165, 1.54) is 11.8 Å². The summed E-state index contributed by atoms with van der Waals surface area (Å²) in [5.74, 6) is 1.21. The van der Waals surface area contributed by atoms with Crippen LogP contribution in [0.1, 0.15) is 17.4 Å². The minimum Gasteiger partial charge on any atom is -0.333 e. The number of thioether (sulfide) groups is 1. The van der Waals surface area contributed by atoms with E-state index in [1.54, 1.807) is 17.4 Å². The number of carbonyl (C=O) groups is 1. The SMILES string of the molecule is C=CCN(Cc1ccc(Br)s1)C(=O)CSc1nnc(-c2ccccc2C)n1CC. The maximum absolute atomic E-state index is 12.8. The number of hydrogen-bond acceptors (Lipinski definition) is 5. The van der Waals surface area contributed by atoms with Crippen molar-refractivity contribution >= 4 is 44.9 Å². The lowest BCUT2D eigenvalue weighted by Crippen LogP contribution is -2.31. The number of amides is 1. The summed E-state index contributed by atoms with van der Waals surface area (Å²) in [7, 11) is 0. The van der Waals surface area contributed by atoms with Crippen LogP contribution in [0.5, 0.6) is 0 Å². The van der Waals surface area contributed by atoms with Crippen LogP contribution < -0.4 is 0 Å². The molecule has 1 aromatic carbocycles. The van der Waals surface area contributed by atoms with Gasteiger partial charge in [-0.3, -0.25) is 4.79 Å². The molecule has 0 bridgehead atoms. The van der Waals surface area contributed by atoms with Gasteiger partial charge in [0.25, 0.3) is 0 Å². The smallest absolute Gasteiger partial charge is 0.233 e. The Bertz CT molecular complexity index is 998. The van der Waals surface area contributed by atoms with Crippen LogP contribution in [0, 0.1) is 6.92 Å². The highest BCUT2D eigenvalue weighted by atomic mass is 79.9. The molecule has 152 valence electrons. The molecule has 2 heterocycles. The molecule has 0 atom stereocenters. The summed E-state index contributed by atoms with van der Waals surface area (Å²) >= 11 is 6.54. The van der Waals surface area contributed by atoms with Crippen molar-refractivity contribution < 1.29 is 4.79 Å². The maximum Gasteiger partial charge on any atom is 0.233 e. The van der Waals surface area contributed by atoms with Crippen LogP contribution >= 0.6 is 39.0 Å². The molecule has 0 N–H and O–H groups in total. The van der Waals surface area contributed by atoms with Crippen molar-refractivity contribution in [2.24, 2.45) is 0 Å². The van der Waals surface area contributed by atoms with E-state index < -0.39 is 0 Å². The van der Waals surface area contributed by atoms with E-state index in [4.69, 9.17) is 0 Å². The molecule has 0 spiro atoms. The van der Waals surface area contributed by atoms with Crippen LogP contribution in [0.3, 0.4) is 0 Å². The predicted octanol–water partition coefficient (Wildman–Crippen LogP) is 5.40. The van der Waals surface area contributed by atoms with E-state index in [-0.39, 0.29) is 5.91 Å². The van der Waals surface area contributed by atoms with Crippen LogP contribution in [-0.4, -0.2) is 37.9 Å². The Morgan fingerprint density at radius 2 is 2.10 bits per heavy atom. The van der Waals surface area contributed by atoms with Gasteiger partial charge < -0.3 is 9.47 Å². The Labute approximate surface area is 188 Å². The summed E-state index contributed by atoms with van der Waals surface area (Å²) in [6.07, 6.45) is 1.76. The Morgan fingerprint density at radius 3 is 2.76 bits per heavy atom. The van der Waals surface area contributed by atoms with Gasteiger partial charge >= 0.3 is 0 Å². The molecule has 0 radical (unpaired) electrons. The number of thiophene rings is 1. The molecule has 2 aromatic heterocycles. The van der Waals surface area contributed by atoms with E-state index >= 15 is 0 Å². The van der Waals surface area contributed by atoms with Gasteiger partial charge in [0.1, 0.15) is 0 Å². The van der Waals surface area contributed by atoms with Crippen molar-refractivity contribution in [1.82, 2.24) is 19.7 Å². The Balaban J connectivity index is 1.72. The van der Waals surface area contributed by atoms with E-state index in [9.17, 15) is 4.79 Å². The van der Waals surface area contributed by atoms with Crippen molar-refractivity contribution in [2.75, 3.05) is 12.3 Å². The fourth-order valence-corrected chi connectivity index (χ4v) is 5.36. The van der Waals surface area contributed by atoms with Crippen LogP contribution in [0.25, 0.3) is 11.4 Å². The third-order valence-electron chi connectivity index (χ3n) is 4.42. The molecular weight excluding hydrogens is 468 g/mol. The van der Waals surface area contributed by atoms with Crippen molar-refractivity contribution in [2.45, 2.75) is 32.1 Å². The summed E-state index contributed by atoms with van der Waals surface area (Å²) < 4.78 is 3.13. The number of hydrogen-bond donors (Lipinski definition) is 0. The predicted molar refractivity (Wildman–Crippen MR) is 124 cm³/mol. The summed E-state index contributed by atoms with van der Waals surface area (Å²) in [5.41, 5.74) is 2.22. The number of carbonyl (C=O) groups excluding carboxylic acids is 1. The van der Waals surface area contributed by atoms with Gasteiger partial charge in [0.2, 0.25) is 5.91 Å². The molecule has 29 heavy (non-hydrogen) atoms. The van der Waals surface area contributed by atoms with Gasteiger partial charge in [-0.15, -0.1) is 28.1 Å². The topological polar surface area (TPSA) is 51.0 Å². The zero-order valence-electron chi connectivity index (χ0n) is 16.5. The Kier molecular flexibility index (Phi) is 7.69. The number of aromatic nitrogens is 3. The number of benzene rings is 1. The van der Waals surface area contributed by atoms with Crippen molar-refractivity contribution in [3.63, 3.8) is 0 Å². The third-order valence-corrected chi connectivity index (χ3v) is 6.98. The number of rotatable bonds is 9. The van der Waals surface area contributed by atoms with Crippen molar-refractivity contribution in [3.8, 4) is 11.4 Å². The molecular formula is C21H23BrN4OS2. The van der Waals surface area contributed by atoms with Gasteiger partial charge in [0.15, 0.2) is 11.0 Å². The molecule has 0 aliphatic heterocycles. The molecule has 0 aliphatic carbocycles. The van der Waals surface area contributed by atoms with Gasteiger partial charge in [-0.05, 0) is 47.5 Å². The van der Waals surface area contributed by atoms with Gasteiger partial charge in [0.05, 0.1) is 16.1 Å².